The van der Waals surface area contributed by atoms with Crippen LogP contribution in [-0.4, -0.2) is 44.3 Å². The minimum atomic E-state index is 0.531. The van der Waals surface area contributed by atoms with Gasteiger partial charge in [0.05, 0.1) is 6.54 Å². The first-order valence-electron chi connectivity index (χ1n) is 9.63. The van der Waals surface area contributed by atoms with Crippen molar-refractivity contribution in [2.45, 2.75) is 45.3 Å². The van der Waals surface area contributed by atoms with Crippen LogP contribution in [-0.2, 0) is 19.6 Å². The third-order valence-electron chi connectivity index (χ3n) is 5.49. The molecule has 8 heteroatoms. The topological polar surface area (TPSA) is 72.0 Å². The van der Waals surface area contributed by atoms with Gasteiger partial charge in [-0.1, -0.05) is 0 Å². The molecular formula is C19H24N6OS. The molecule has 2 aliphatic rings. The van der Waals surface area contributed by atoms with Crippen LogP contribution in [0.5, 0.6) is 0 Å². The molecule has 5 heterocycles. The quantitative estimate of drug-likeness (QED) is 0.746. The smallest absolute Gasteiger partial charge is 0.162 e. The van der Waals surface area contributed by atoms with Gasteiger partial charge in [0.1, 0.15) is 17.4 Å². The third-order valence-corrected chi connectivity index (χ3v) is 6.48. The fourth-order valence-corrected chi connectivity index (χ4v) is 4.95. The third kappa shape index (κ3) is 3.44. The predicted molar refractivity (Wildman–Crippen MR) is 104 cm³/mol. The number of rotatable bonds is 4. The normalized spacial score (nSPS) is 18.7. The number of thiazole rings is 1. The van der Waals surface area contributed by atoms with Gasteiger partial charge in [-0.2, -0.15) is 0 Å². The first-order valence-corrected chi connectivity index (χ1v) is 10.4. The Morgan fingerprint density at radius 1 is 1.22 bits per heavy atom. The molecule has 0 atom stereocenters. The summed E-state index contributed by atoms with van der Waals surface area (Å²) >= 11 is 1.73. The first-order chi connectivity index (χ1) is 13.3. The second-order valence-corrected chi connectivity index (χ2v) is 8.51. The van der Waals surface area contributed by atoms with Crippen LogP contribution < -0.4 is 5.32 Å². The molecule has 0 unspecified atom stereocenters. The average molecular weight is 385 g/mol. The van der Waals surface area contributed by atoms with Crippen molar-refractivity contribution in [3.63, 3.8) is 0 Å². The van der Waals surface area contributed by atoms with Gasteiger partial charge in [-0.15, -0.1) is 21.5 Å². The van der Waals surface area contributed by atoms with Crippen molar-refractivity contribution < 1.29 is 4.42 Å². The molecule has 1 fully saturated rings. The molecule has 142 valence electrons. The lowest BCUT2D eigenvalue weighted by Gasteiger charge is -2.31. The molecule has 0 spiro atoms. The number of aromatic nitrogens is 4. The van der Waals surface area contributed by atoms with E-state index in [-0.39, 0.29) is 0 Å². The predicted octanol–water partition coefficient (Wildman–Crippen LogP) is 2.79. The molecule has 0 amide bonds. The fourth-order valence-electron chi connectivity index (χ4n) is 4.03. The van der Waals surface area contributed by atoms with E-state index in [1.165, 1.54) is 10.7 Å². The highest BCUT2D eigenvalue weighted by atomic mass is 32.1. The lowest BCUT2D eigenvalue weighted by atomic mass is 9.95. The highest BCUT2D eigenvalue weighted by molar-refractivity contribution is 7.14. The van der Waals surface area contributed by atoms with E-state index in [2.05, 4.69) is 30.0 Å². The number of aryl methyl sites for hydroxylation is 1. The van der Waals surface area contributed by atoms with Gasteiger partial charge in [0.25, 0.3) is 0 Å². The van der Waals surface area contributed by atoms with Gasteiger partial charge in [0.2, 0.25) is 0 Å². The number of likely N-dealkylation sites (tertiary alicyclic amines) is 1. The van der Waals surface area contributed by atoms with E-state index in [4.69, 9.17) is 4.42 Å². The Balaban J connectivity index is 1.20. The van der Waals surface area contributed by atoms with E-state index in [1.54, 1.807) is 11.3 Å². The second kappa shape index (κ2) is 7.18. The highest BCUT2D eigenvalue weighted by Gasteiger charge is 2.27. The van der Waals surface area contributed by atoms with Crippen molar-refractivity contribution in [3.05, 3.63) is 40.6 Å². The number of piperidine rings is 1. The van der Waals surface area contributed by atoms with Crippen molar-refractivity contribution in [1.82, 2.24) is 30.0 Å². The van der Waals surface area contributed by atoms with Gasteiger partial charge < -0.3 is 14.3 Å². The Hall–Kier alpha value is -2.03. The Labute approximate surface area is 162 Å². The van der Waals surface area contributed by atoms with E-state index in [1.807, 2.05) is 25.3 Å². The van der Waals surface area contributed by atoms with E-state index in [0.29, 0.717) is 5.92 Å². The van der Waals surface area contributed by atoms with Crippen molar-refractivity contribution in [2.75, 3.05) is 19.6 Å². The largest absolute Gasteiger partial charge is 0.459 e. The van der Waals surface area contributed by atoms with Gasteiger partial charge >= 0.3 is 0 Å². The summed E-state index contributed by atoms with van der Waals surface area (Å²) in [5.74, 6) is 4.61. The average Bonchev–Trinajstić information content (AvgIpc) is 3.42. The maximum absolute atomic E-state index is 5.69. The van der Waals surface area contributed by atoms with Crippen molar-refractivity contribution in [1.29, 1.82) is 0 Å². The SMILES string of the molecule is Cc1ccc(-c2ncc(CN3CCC(c4nnc5n4CCNC5)CC3)s2)o1. The lowest BCUT2D eigenvalue weighted by Crippen LogP contribution is -2.34. The Morgan fingerprint density at radius 3 is 2.93 bits per heavy atom. The summed E-state index contributed by atoms with van der Waals surface area (Å²) in [4.78, 5) is 8.36. The summed E-state index contributed by atoms with van der Waals surface area (Å²) in [6.45, 7) is 7.97. The second-order valence-electron chi connectivity index (χ2n) is 7.40. The summed E-state index contributed by atoms with van der Waals surface area (Å²) < 4.78 is 8.02. The number of hydrogen-bond acceptors (Lipinski definition) is 7. The number of fused-ring (bicyclic) bond motifs is 1. The highest BCUT2D eigenvalue weighted by Crippen LogP contribution is 2.31. The molecule has 0 radical (unpaired) electrons. The molecule has 27 heavy (non-hydrogen) atoms. The fraction of sp³-hybridized carbons (Fsp3) is 0.526. The monoisotopic (exact) mass is 384 g/mol. The molecule has 0 saturated carbocycles. The Bertz CT molecular complexity index is 920. The molecule has 0 bridgehead atoms. The maximum atomic E-state index is 5.69. The van der Waals surface area contributed by atoms with E-state index in [0.717, 1.165) is 74.5 Å². The van der Waals surface area contributed by atoms with Crippen molar-refractivity contribution >= 4 is 11.3 Å². The molecular weight excluding hydrogens is 360 g/mol. The summed E-state index contributed by atoms with van der Waals surface area (Å²) in [7, 11) is 0. The standard InChI is InChI=1S/C19H24N6OS/c1-13-2-3-16(26-13)19-21-10-15(27-19)12-24-7-4-14(5-8-24)18-23-22-17-11-20-6-9-25(17)18/h2-3,10,14,20H,4-9,11-12H2,1H3. The van der Waals surface area contributed by atoms with Gasteiger partial charge in [-0.25, -0.2) is 4.98 Å². The van der Waals surface area contributed by atoms with Crippen LogP contribution in [0.2, 0.25) is 0 Å². The molecule has 1 N–H and O–H groups in total. The lowest BCUT2D eigenvalue weighted by molar-refractivity contribution is 0.201. The molecule has 0 aliphatic carbocycles. The number of hydrogen-bond donors (Lipinski definition) is 1. The molecule has 3 aromatic rings. The van der Waals surface area contributed by atoms with Gasteiger partial charge in [0.15, 0.2) is 10.8 Å². The minimum absolute atomic E-state index is 0.531. The first kappa shape index (κ1) is 17.1. The minimum Gasteiger partial charge on any atom is -0.459 e. The number of nitrogens with zero attached hydrogens (tertiary/aromatic N) is 5. The van der Waals surface area contributed by atoms with Crippen LogP contribution in [0, 0.1) is 6.92 Å². The molecule has 7 nitrogen and oxygen atoms in total. The van der Waals surface area contributed by atoms with Crippen LogP contribution in [0.3, 0.4) is 0 Å². The molecule has 0 aromatic carbocycles. The molecule has 1 saturated heterocycles. The molecule has 3 aromatic heterocycles. The zero-order chi connectivity index (χ0) is 18.2. The van der Waals surface area contributed by atoms with Crippen LogP contribution in [0.15, 0.2) is 22.7 Å². The summed E-state index contributed by atoms with van der Waals surface area (Å²) in [5.41, 5.74) is 0. The molecule has 5 rings (SSSR count). The zero-order valence-electron chi connectivity index (χ0n) is 15.5. The number of nitrogens with one attached hydrogen (secondary N) is 1. The van der Waals surface area contributed by atoms with Crippen LogP contribution >= 0.6 is 11.3 Å². The van der Waals surface area contributed by atoms with Crippen molar-refractivity contribution in [3.8, 4) is 10.8 Å². The van der Waals surface area contributed by atoms with Gasteiger partial charge in [-0.3, -0.25) is 4.90 Å². The molecule has 2 aliphatic heterocycles. The zero-order valence-corrected chi connectivity index (χ0v) is 16.3. The van der Waals surface area contributed by atoms with E-state index >= 15 is 0 Å². The van der Waals surface area contributed by atoms with Crippen LogP contribution in [0.25, 0.3) is 10.8 Å². The van der Waals surface area contributed by atoms with Crippen molar-refractivity contribution in [2.24, 2.45) is 0 Å². The Kier molecular flexibility index (Phi) is 4.55. The van der Waals surface area contributed by atoms with Crippen LogP contribution in [0.1, 0.15) is 41.0 Å². The van der Waals surface area contributed by atoms with Gasteiger partial charge in [-0.05, 0) is 45.0 Å². The Morgan fingerprint density at radius 2 is 2.11 bits per heavy atom. The van der Waals surface area contributed by atoms with E-state index < -0.39 is 0 Å². The number of furan rings is 1. The van der Waals surface area contributed by atoms with Gasteiger partial charge in [0, 0.05) is 36.6 Å². The van der Waals surface area contributed by atoms with Crippen LogP contribution in [0.4, 0.5) is 0 Å². The maximum Gasteiger partial charge on any atom is 0.162 e. The summed E-state index contributed by atoms with van der Waals surface area (Å²) in [5, 5.41) is 13.2. The van der Waals surface area contributed by atoms with E-state index in [9.17, 15) is 0 Å². The summed E-state index contributed by atoms with van der Waals surface area (Å²) in [6.07, 6.45) is 4.29. The summed E-state index contributed by atoms with van der Waals surface area (Å²) in [6, 6.07) is 3.98.